The van der Waals surface area contributed by atoms with Gasteiger partial charge in [0.1, 0.15) is 0 Å². The Balaban J connectivity index is 2.13. The van der Waals surface area contributed by atoms with Crippen molar-refractivity contribution in [2.45, 2.75) is 25.7 Å². The van der Waals surface area contributed by atoms with Gasteiger partial charge >= 0.3 is 0 Å². The zero-order valence-electron chi connectivity index (χ0n) is 9.69. The number of likely N-dealkylation sites (N-methyl/N-ethyl adjacent to an activating group) is 1. The lowest BCUT2D eigenvalue weighted by Gasteiger charge is -2.32. The van der Waals surface area contributed by atoms with Crippen LogP contribution in [0, 0.1) is 0 Å². The molecule has 0 radical (unpaired) electrons. The van der Waals surface area contributed by atoms with Crippen LogP contribution in [0.2, 0.25) is 0 Å². The van der Waals surface area contributed by atoms with Crippen LogP contribution in [-0.4, -0.2) is 34.7 Å². The zero-order chi connectivity index (χ0) is 11.5. The van der Waals surface area contributed by atoms with E-state index in [1.54, 1.807) is 12.1 Å². The Hall–Kier alpha value is -1.22. The maximum absolute atomic E-state index is 9.49. The van der Waals surface area contributed by atoms with Crippen molar-refractivity contribution < 1.29 is 10.2 Å². The van der Waals surface area contributed by atoms with Gasteiger partial charge in [-0.1, -0.05) is 13.0 Å². The number of hydrogen-bond acceptors (Lipinski definition) is 3. The Kier molecular flexibility index (Phi) is 3.34. The minimum atomic E-state index is -0.0353. The summed E-state index contributed by atoms with van der Waals surface area (Å²) >= 11 is 0. The summed E-state index contributed by atoms with van der Waals surface area (Å²) in [7, 11) is 0. The third-order valence-electron chi connectivity index (χ3n) is 3.42. The van der Waals surface area contributed by atoms with Crippen LogP contribution < -0.4 is 0 Å². The molecule has 3 nitrogen and oxygen atoms in total. The van der Waals surface area contributed by atoms with E-state index in [1.165, 1.54) is 19.4 Å². The van der Waals surface area contributed by atoms with Gasteiger partial charge in [0, 0.05) is 6.54 Å². The summed E-state index contributed by atoms with van der Waals surface area (Å²) in [5.74, 6) is 0.443. The lowest BCUT2D eigenvalue weighted by atomic mass is 9.90. The van der Waals surface area contributed by atoms with Gasteiger partial charge in [-0.25, -0.2) is 0 Å². The van der Waals surface area contributed by atoms with Gasteiger partial charge < -0.3 is 15.1 Å². The van der Waals surface area contributed by atoms with Crippen molar-refractivity contribution in [1.29, 1.82) is 0 Å². The highest BCUT2D eigenvalue weighted by molar-refractivity contribution is 5.41. The molecule has 2 rings (SSSR count). The summed E-state index contributed by atoms with van der Waals surface area (Å²) in [5, 5.41) is 18.8. The van der Waals surface area contributed by atoms with Crippen LogP contribution in [0.3, 0.4) is 0 Å². The minimum absolute atomic E-state index is 0.00822. The first-order chi connectivity index (χ1) is 7.70. The van der Waals surface area contributed by atoms with Gasteiger partial charge in [0.05, 0.1) is 0 Å². The number of rotatable bonds is 2. The van der Waals surface area contributed by atoms with Crippen molar-refractivity contribution in [3.63, 3.8) is 0 Å². The molecule has 1 heterocycles. The molecule has 1 fully saturated rings. The average molecular weight is 221 g/mol. The van der Waals surface area contributed by atoms with Gasteiger partial charge in [-0.15, -0.1) is 0 Å². The smallest absolute Gasteiger partial charge is 0.157 e. The third kappa shape index (κ3) is 2.30. The molecule has 3 heteroatoms. The molecule has 1 aromatic carbocycles. The van der Waals surface area contributed by atoms with E-state index in [0.717, 1.165) is 18.7 Å². The Morgan fingerprint density at radius 1 is 1.31 bits per heavy atom. The van der Waals surface area contributed by atoms with Gasteiger partial charge in [-0.05, 0) is 49.5 Å². The molecule has 0 saturated carbocycles. The number of likely N-dealkylation sites (tertiary alicyclic amines) is 1. The van der Waals surface area contributed by atoms with Crippen LogP contribution >= 0.6 is 0 Å². The van der Waals surface area contributed by atoms with Crippen LogP contribution in [0.4, 0.5) is 0 Å². The largest absolute Gasteiger partial charge is 0.504 e. The Morgan fingerprint density at radius 3 is 2.81 bits per heavy atom. The maximum atomic E-state index is 9.49. The van der Waals surface area contributed by atoms with Crippen LogP contribution in [0.15, 0.2) is 18.2 Å². The monoisotopic (exact) mass is 221 g/mol. The molecular weight excluding hydrogens is 202 g/mol. The number of nitrogens with zero attached hydrogens (tertiary/aromatic N) is 1. The number of phenolic OH excluding ortho intramolecular Hbond substituents is 2. The molecule has 0 aromatic heterocycles. The van der Waals surface area contributed by atoms with Crippen LogP contribution in [0.25, 0.3) is 0 Å². The Morgan fingerprint density at radius 2 is 2.12 bits per heavy atom. The Labute approximate surface area is 96.3 Å². The molecule has 0 amide bonds. The highest BCUT2D eigenvalue weighted by atomic mass is 16.3. The van der Waals surface area contributed by atoms with E-state index in [1.807, 2.05) is 6.07 Å². The van der Waals surface area contributed by atoms with Crippen molar-refractivity contribution in [3.05, 3.63) is 23.8 Å². The van der Waals surface area contributed by atoms with E-state index in [2.05, 4.69) is 11.8 Å². The first-order valence-corrected chi connectivity index (χ1v) is 5.95. The van der Waals surface area contributed by atoms with Gasteiger partial charge in [0.2, 0.25) is 0 Å². The van der Waals surface area contributed by atoms with Gasteiger partial charge in [-0.2, -0.15) is 0 Å². The second-order valence-electron chi connectivity index (χ2n) is 4.48. The van der Waals surface area contributed by atoms with E-state index >= 15 is 0 Å². The predicted octanol–water partition coefficient (Wildman–Crippen LogP) is 2.30. The van der Waals surface area contributed by atoms with Gasteiger partial charge in [0.15, 0.2) is 11.5 Å². The molecule has 1 aliphatic rings. The molecule has 1 atom stereocenters. The molecule has 0 aliphatic carbocycles. The SMILES string of the molecule is CCN1CCC[C@@H](c2ccc(O)c(O)c2)C1. The fourth-order valence-corrected chi connectivity index (χ4v) is 2.41. The van der Waals surface area contributed by atoms with Crippen molar-refractivity contribution in [1.82, 2.24) is 4.90 Å². The first kappa shape index (κ1) is 11.3. The average Bonchev–Trinajstić information content (AvgIpc) is 2.33. The zero-order valence-corrected chi connectivity index (χ0v) is 9.69. The number of benzene rings is 1. The third-order valence-corrected chi connectivity index (χ3v) is 3.42. The molecule has 88 valence electrons. The summed E-state index contributed by atoms with van der Waals surface area (Å²) in [6, 6.07) is 5.19. The molecule has 0 bridgehead atoms. The van der Waals surface area contributed by atoms with Crippen LogP contribution in [0.5, 0.6) is 11.5 Å². The summed E-state index contributed by atoms with van der Waals surface area (Å²) in [5.41, 5.74) is 1.13. The lowest BCUT2D eigenvalue weighted by Crippen LogP contribution is -2.34. The van der Waals surface area contributed by atoms with E-state index in [4.69, 9.17) is 0 Å². The molecule has 0 unspecified atom stereocenters. The number of piperidine rings is 1. The maximum Gasteiger partial charge on any atom is 0.157 e. The first-order valence-electron chi connectivity index (χ1n) is 5.95. The predicted molar refractivity (Wildman–Crippen MR) is 63.9 cm³/mol. The quantitative estimate of drug-likeness (QED) is 0.753. The van der Waals surface area contributed by atoms with Gasteiger partial charge in [-0.3, -0.25) is 0 Å². The minimum Gasteiger partial charge on any atom is -0.504 e. The van der Waals surface area contributed by atoms with E-state index in [-0.39, 0.29) is 11.5 Å². The molecule has 2 N–H and O–H groups in total. The molecule has 1 aromatic rings. The summed E-state index contributed by atoms with van der Waals surface area (Å²) in [4.78, 5) is 2.43. The van der Waals surface area contributed by atoms with Crippen molar-refractivity contribution in [3.8, 4) is 11.5 Å². The fourth-order valence-electron chi connectivity index (χ4n) is 2.41. The molecule has 16 heavy (non-hydrogen) atoms. The number of aromatic hydroxyl groups is 2. The topological polar surface area (TPSA) is 43.7 Å². The van der Waals surface area contributed by atoms with E-state index in [0.29, 0.717) is 5.92 Å². The second-order valence-corrected chi connectivity index (χ2v) is 4.48. The highest BCUT2D eigenvalue weighted by Gasteiger charge is 2.20. The van der Waals surface area contributed by atoms with Crippen LogP contribution in [-0.2, 0) is 0 Å². The van der Waals surface area contributed by atoms with Crippen molar-refractivity contribution in [2.24, 2.45) is 0 Å². The van der Waals surface area contributed by atoms with Crippen LogP contribution in [0.1, 0.15) is 31.2 Å². The van der Waals surface area contributed by atoms with E-state index in [9.17, 15) is 10.2 Å². The van der Waals surface area contributed by atoms with Crippen molar-refractivity contribution >= 4 is 0 Å². The molecule has 1 aliphatic heterocycles. The standard InChI is InChI=1S/C13H19NO2/c1-2-14-7-3-4-11(9-14)10-5-6-12(15)13(16)8-10/h5-6,8,11,15-16H,2-4,7,9H2,1H3/t11-/m1/s1. The van der Waals surface area contributed by atoms with Gasteiger partial charge in [0.25, 0.3) is 0 Å². The summed E-state index contributed by atoms with van der Waals surface area (Å²) in [6.45, 7) is 5.50. The van der Waals surface area contributed by atoms with E-state index < -0.39 is 0 Å². The normalized spacial score (nSPS) is 22.2. The summed E-state index contributed by atoms with van der Waals surface area (Å²) < 4.78 is 0. The lowest BCUT2D eigenvalue weighted by molar-refractivity contribution is 0.217. The number of hydrogen-bond donors (Lipinski definition) is 2. The van der Waals surface area contributed by atoms with Crippen molar-refractivity contribution in [2.75, 3.05) is 19.6 Å². The molecular formula is C13H19NO2. The Bertz CT molecular complexity index is 365. The summed E-state index contributed by atoms with van der Waals surface area (Å²) in [6.07, 6.45) is 2.38. The number of phenols is 2. The highest BCUT2D eigenvalue weighted by Crippen LogP contribution is 2.32. The second kappa shape index (κ2) is 4.74. The molecule has 0 spiro atoms. The molecule has 1 saturated heterocycles. The fraction of sp³-hybridized carbons (Fsp3) is 0.538.